The Hall–Kier alpha value is -3.52. The van der Waals surface area contributed by atoms with E-state index in [-0.39, 0.29) is 5.69 Å². The van der Waals surface area contributed by atoms with Crippen LogP contribution in [0.1, 0.15) is 0 Å². The molecule has 9 heteroatoms. The highest BCUT2D eigenvalue weighted by molar-refractivity contribution is 6.30. The largest absolute Gasteiger partial charge is 0.344 e. The molecule has 0 bridgehead atoms. The molecular formula is C21H15ClF2N4O2. The van der Waals surface area contributed by atoms with Gasteiger partial charge in [0.05, 0.1) is 12.0 Å². The number of amides is 1. The Morgan fingerprint density at radius 3 is 2.63 bits per heavy atom. The zero-order valence-electron chi connectivity index (χ0n) is 15.7. The molecule has 0 aliphatic rings. The molecule has 0 saturated heterocycles. The monoisotopic (exact) mass is 428 g/mol. The first-order chi connectivity index (χ1) is 14.3. The average Bonchev–Trinajstić information content (AvgIpc) is 3.04. The SMILES string of the molecule is Cn1cc(-c2ccc(Cl)cc2)c2ncn(CC(=O)Nc3cc(F)ccc3F)c(=O)c21. The topological polar surface area (TPSA) is 68.9 Å². The van der Waals surface area contributed by atoms with Crippen molar-refractivity contribution in [2.45, 2.75) is 6.54 Å². The molecule has 2 aromatic carbocycles. The number of carbonyl (C=O) groups excluding carboxylic acids is 1. The number of anilines is 1. The summed E-state index contributed by atoms with van der Waals surface area (Å²) in [5.41, 5.74) is 1.65. The van der Waals surface area contributed by atoms with Crippen molar-refractivity contribution in [3.05, 3.63) is 82.0 Å². The number of fused-ring (bicyclic) bond motifs is 1. The highest BCUT2D eigenvalue weighted by Gasteiger charge is 2.16. The second kappa shape index (κ2) is 7.72. The van der Waals surface area contributed by atoms with Crippen LogP contribution in [0.3, 0.4) is 0 Å². The minimum atomic E-state index is -0.777. The standard InChI is InChI=1S/C21H15ClF2N4O2/c1-27-9-15(12-2-4-13(22)5-3-12)19-20(27)21(30)28(11-25-19)10-18(29)26-17-8-14(23)6-7-16(17)24/h2-9,11H,10H2,1H3,(H,26,29). The van der Waals surface area contributed by atoms with Gasteiger partial charge in [-0.25, -0.2) is 13.8 Å². The Labute approximate surface area is 174 Å². The smallest absolute Gasteiger partial charge is 0.278 e. The first kappa shape index (κ1) is 19.8. The summed E-state index contributed by atoms with van der Waals surface area (Å²) in [7, 11) is 1.71. The summed E-state index contributed by atoms with van der Waals surface area (Å²) in [5, 5.41) is 2.86. The second-order valence-corrected chi connectivity index (χ2v) is 7.14. The van der Waals surface area contributed by atoms with E-state index in [0.717, 1.165) is 33.9 Å². The predicted octanol–water partition coefficient (Wildman–Crippen LogP) is 3.97. The minimum Gasteiger partial charge on any atom is -0.344 e. The normalized spacial score (nSPS) is 11.1. The lowest BCUT2D eigenvalue weighted by Crippen LogP contribution is -2.28. The first-order valence-electron chi connectivity index (χ1n) is 8.89. The van der Waals surface area contributed by atoms with Crippen LogP contribution < -0.4 is 10.9 Å². The fourth-order valence-corrected chi connectivity index (χ4v) is 3.33. The maximum Gasteiger partial charge on any atom is 0.278 e. The van der Waals surface area contributed by atoms with Crippen LogP contribution in [0.15, 0.2) is 59.8 Å². The third-order valence-corrected chi connectivity index (χ3v) is 4.87. The van der Waals surface area contributed by atoms with E-state index in [4.69, 9.17) is 11.6 Å². The molecule has 0 unspecified atom stereocenters. The minimum absolute atomic E-state index is 0.300. The van der Waals surface area contributed by atoms with Crippen molar-refractivity contribution in [3.8, 4) is 11.1 Å². The second-order valence-electron chi connectivity index (χ2n) is 6.71. The molecular weight excluding hydrogens is 414 g/mol. The van der Waals surface area contributed by atoms with Crippen molar-refractivity contribution in [2.75, 3.05) is 5.32 Å². The number of nitrogens with one attached hydrogen (secondary N) is 1. The number of hydrogen-bond acceptors (Lipinski definition) is 3. The molecule has 0 fully saturated rings. The van der Waals surface area contributed by atoms with E-state index < -0.39 is 29.6 Å². The summed E-state index contributed by atoms with van der Waals surface area (Å²) in [4.78, 5) is 29.5. The first-order valence-corrected chi connectivity index (χ1v) is 9.26. The zero-order chi connectivity index (χ0) is 21.4. The third kappa shape index (κ3) is 3.69. The number of aromatic nitrogens is 3. The van der Waals surface area contributed by atoms with Crippen LogP contribution in [0.2, 0.25) is 5.02 Å². The number of nitrogens with zero attached hydrogens (tertiary/aromatic N) is 3. The van der Waals surface area contributed by atoms with Gasteiger partial charge < -0.3 is 9.88 Å². The Kier molecular flexibility index (Phi) is 5.09. The lowest BCUT2D eigenvalue weighted by molar-refractivity contribution is -0.116. The van der Waals surface area contributed by atoms with Crippen LogP contribution in [0.5, 0.6) is 0 Å². The zero-order valence-corrected chi connectivity index (χ0v) is 16.5. The van der Waals surface area contributed by atoms with E-state index >= 15 is 0 Å². The van der Waals surface area contributed by atoms with E-state index in [2.05, 4.69) is 10.3 Å². The summed E-state index contributed by atoms with van der Waals surface area (Å²) in [5.74, 6) is -2.15. The van der Waals surface area contributed by atoms with E-state index in [1.165, 1.54) is 6.33 Å². The molecule has 4 aromatic rings. The maximum absolute atomic E-state index is 13.7. The van der Waals surface area contributed by atoms with Crippen molar-refractivity contribution < 1.29 is 13.6 Å². The van der Waals surface area contributed by atoms with E-state index in [9.17, 15) is 18.4 Å². The van der Waals surface area contributed by atoms with Crippen LogP contribution in [-0.4, -0.2) is 20.0 Å². The van der Waals surface area contributed by atoms with Gasteiger partial charge in [0.15, 0.2) is 0 Å². The molecule has 6 nitrogen and oxygen atoms in total. The number of aryl methyl sites for hydroxylation is 1. The van der Waals surface area contributed by atoms with Crippen LogP contribution in [0.4, 0.5) is 14.5 Å². The molecule has 1 N–H and O–H groups in total. The predicted molar refractivity (Wildman–Crippen MR) is 110 cm³/mol. The van der Waals surface area contributed by atoms with Crippen molar-refractivity contribution in [1.29, 1.82) is 0 Å². The lowest BCUT2D eigenvalue weighted by Gasteiger charge is -2.09. The Balaban J connectivity index is 1.66. The summed E-state index contributed by atoms with van der Waals surface area (Å²) in [6.07, 6.45) is 3.03. The van der Waals surface area contributed by atoms with Crippen LogP contribution in [0.25, 0.3) is 22.2 Å². The quantitative estimate of drug-likeness (QED) is 0.534. The molecule has 30 heavy (non-hydrogen) atoms. The van der Waals surface area contributed by atoms with Crippen molar-refractivity contribution in [1.82, 2.24) is 14.1 Å². The molecule has 2 heterocycles. The van der Waals surface area contributed by atoms with Gasteiger partial charge >= 0.3 is 0 Å². The lowest BCUT2D eigenvalue weighted by atomic mass is 10.1. The molecule has 4 rings (SSSR count). The summed E-state index contributed by atoms with van der Waals surface area (Å²) >= 11 is 5.94. The molecule has 0 aliphatic heterocycles. The number of halogens is 3. The highest BCUT2D eigenvalue weighted by atomic mass is 35.5. The molecule has 0 aliphatic carbocycles. The third-order valence-electron chi connectivity index (χ3n) is 4.62. The van der Waals surface area contributed by atoms with Gasteiger partial charge in [0, 0.05) is 29.9 Å². The van der Waals surface area contributed by atoms with Crippen molar-refractivity contribution in [3.63, 3.8) is 0 Å². The van der Waals surface area contributed by atoms with Crippen molar-refractivity contribution in [2.24, 2.45) is 7.05 Å². The molecule has 0 spiro atoms. The Morgan fingerprint density at radius 1 is 1.17 bits per heavy atom. The average molecular weight is 429 g/mol. The fourth-order valence-electron chi connectivity index (χ4n) is 3.20. The molecule has 0 atom stereocenters. The van der Waals surface area contributed by atoms with E-state index in [1.807, 2.05) is 12.1 Å². The van der Waals surface area contributed by atoms with Gasteiger partial charge in [-0.3, -0.25) is 14.2 Å². The molecule has 152 valence electrons. The van der Waals surface area contributed by atoms with Crippen LogP contribution in [-0.2, 0) is 18.4 Å². The maximum atomic E-state index is 13.7. The summed E-state index contributed by atoms with van der Waals surface area (Å²) in [6.45, 7) is -0.404. The molecule has 1 amide bonds. The van der Waals surface area contributed by atoms with Gasteiger partial charge in [-0.15, -0.1) is 0 Å². The number of hydrogen-bond donors (Lipinski definition) is 1. The van der Waals surface area contributed by atoms with Gasteiger partial charge in [-0.05, 0) is 29.8 Å². The van der Waals surface area contributed by atoms with Crippen LogP contribution >= 0.6 is 11.6 Å². The number of rotatable bonds is 4. The van der Waals surface area contributed by atoms with Gasteiger partial charge in [-0.1, -0.05) is 23.7 Å². The van der Waals surface area contributed by atoms with Crippen molar-refractivity contribution >= 4 is 34.2 Å². The van der Waals surface area contributed by atoms with Crippen LogP contribution in [0, 0.1) is 11.6 Å². The highest BCUT2D eigenvalue weighted by Crippen LogP contribution is 2.28. The number of carbonyl (C=O) groups is 1. The van der Waals surface area contributed by atoms with E-state index in [0.29, 0.717) is 16.1 Å². The molecule has 2 aromatic heterocycles. The summed E-state index contributed by atoms with van der Waals surface area (Å²) < 4.78 is 29.7. The van der Waals surface area contributed by atoms with Gasteiger partial charge in [-0.2, -0.15) is 0 Å². The van der Waals surface area contributed by atoms with E-state index in [1.54, 1.807) is 29.9 Å². The number of benzene rings is 2. The van der Waals surface area contributed by atoms with Gasteiger partial charge in [0.1, 0.15) is 29.2 Å². The molecule has 0 radical (unpaired) electrons. The summed E-state index contributed by atoms with van der Waals surface area (Å²) in [6, 6.07) is 9.86. The van der Waals surface area contributed by atoms with Gasteiger partial charge in [0.2, 0.25) is 5.91 Å². The Morgan fingerprint density at radius 2 is 1.90 bits per heavy atom. The molecule has 0 saturated carbocycles. The van der Waals surface area contributed by atoms with Gasteiger partial charge in [0.25, 0.3) is 5.56 Å². The Bertz CT molecular complexity index is 1330. The fraction of sp³-hybridized carbons (Fsp3) is 0.0952.